The number of ketones is 1. The summed E-state index contributed by atoms with van der Waals surface area (Å²) in [6.45, 7) is 2.15. The predicted octanol–water partition coefficient (Wildman–Crippen LogP) is 3.45. The van der Waals surface area contributed by atoms with Gasteiger partial charge in [0.1, 0.15) is 5.75 Å². The topological polar surface area (TPSA) is 85.5 Å². The highest BCUT2D eigenvalue weighted by Gasteiger charge is 2.24. The Kier molecular flexibility index (Phi) is 5.35. The van der Waals surface area contributed by atoms with E-state index in [4.69, 9.17) is 9.15 Å². The van der Waals surface area contributed by atoms with Crippen molar-refractivity contribution in [1.82, 2.24) is 10.2 Å². The number of anilines is 1. The third kappa shape index (κ3) is 4.32. The van der Waals surface area contributed by atoms with Gasteiger partial charge in [-0.1, -0.05) is 23.9 Å². The van der Waals surface area contributed by atoms with E-state index in [-0.39, 0.29) is 24.1 Å². The van der Waals surface area contributed by atoms with Crippen LogP contribution in [0.4, 0.5) is 5.69 Å². The molecule has 0 atom stereocenters. The van der Waals surface area contributed by atoms with Crippen molar-refractivity contribution >= 4 is 29.1 Å². The fraction of sp³-hybridized carbons (Fsp3) is 0.238. The number of thioether (sulfide) groups is 1. The lowest BCUT2D eigenvalue weighted by atomic mass is 10.1. The SMILES string of the molecule is Cc1cccc(OCc2nnc(SCC(=O)c3ccc4c(c3)CC(=O)N4C)o2)c1. The maximum absolute atomic E-state index is 12.5. The first kappa shape index (κ1) is 19.2. The lowest BCUT2D eigenvalue weighted by Gasteiger charge is -2.10. The summed E-state index contributed by atoms with van der Waals surface area (Å²) in [4.78, 5) is 25.9. The Bertz CT molecular complexity index is 1080. The zero-order valence-electron chi connectivity index (χ0n) is 16.0. The summed E-state index contributed by atoms with van der Waals surface area (Å²) in [6.07, 6.45) is 0.327. The minimum absolute atomic E-state index is 0.0326. The molecule has 0 spiro atoms. The number of benzene rings is 2. The predicted molar refractivity (Wildman–Crippen MR) is 108 cm³/mol. The van der Waals surface area contributed by atoms with Crippen LogP contribution in [0.2, 0.25) is 0 Å². The molecular weight excluding hydrogens is 390 g/mol. The number of Topliss-reactive ketones (excluding diaryl/α,β-unsaturated/α-hetero) is 1. The van der Waals surface area contributed by atoms with Crippen LogP contribution in [0.25, 0.3) is 0 Å². The Morgan fingerprint density at radius 2 is 2.10 bits per heavy atom. The summed E-state index contributed by atoms with van der Waals surface area (Å²) in [5.74, 6) is 1.22. The summed E-state index contributed by atoms with van der Waals surface area (Å²) < 4.78 is 11.2. The lowest BCUT2D eigenvalue weighted by molar-refractivity contribution is -0.117. The smallest absolute Gasteiger partial charge is 0.277 e. The Morgan fingerprint density at radius 1 is 1.24 bits per heavy atom. The van der Waals surface area contributed by atoms with Crippen LogP contribution in [-0.4, -0.2) is 34.7 Å². The summed E-state index contributed by atoms with van der Waals surface area (Å²) >= 11 is 1.18. The number of ether oxygens (including phenoxy) is 1. The van der Waals surface area contributed by atoms with Crippen LogP contribution in [-0.2, 0) is 17.8 Å². The molecule has 0 radical (unpaired) electrons. The summed E-state index contributed by atoms with van der Waals surface area (Å²) in [7, 11) is 1.74. The molecular formula is C21H19N3O4S. The van der Waals surface area contributed by atoms with Crippen LogP contribution in [0.1, 0.15) is 27.4 Å². The van der Waals surface area contributed by atoms with E-state index >= 15 is 0 Å². The second kappa shape index (κ2) is 8.08. The molecule has 29 heavy (non-hydrogen) atoms. The number of aromatic nitrogens is 2. The number of amides is 1. The molecule has 0 aliphatic carbocycles. The molecule has 0 saturated carbocycles. The van der Waals surface area contributed by atoms with E-state index in [1.54, 1.807) is 24.1 Å². The minimum Gasteiger partial charge on any atom is -0.484 e. The third-order valence-electron chi connectivity index (χ3n) is 4.61. The number of nitrogens with zero attached hydrogens (tertiary/aromatic N) is 3. The molecule has 1 aliphatic rings. The zero-order chi connectivity index (χ0) is 20.4. The van der Waals surface area contributed by atoms with Gasteiger partial charge >= 0.3 is 0 Å². The van der Waals surface area contributed by atoms with Crippen molar-refractivity contribution in [3.63, 3.8) is 0 Å². The molecule has 2 aromatic carbocycles. The summed E-state index contributed by atoms with van der Waals surface area (Å²) in [6, 6.07) is 13.0. The van der Waals surface area contributed by atoms with E-state index < -0.39 is 0 Å². The van der Waals surface area contributed by atoms with Crippen LogP contribution in [0.15, 0.2) is 52.1 Å². The van der Waals surface area contributed by atoms with Gasteiger partial charge in [-0.2, -0.15) is 0 Å². The van der Waals surface area contributed by atoms with Gasteiger partial charge in [0.05, 0.1) is 12.2 Å². The first-order valence-electron chi connectivity index (χ1n) is 9.07. The molecule has 7 nitrogen and oxygen atoms in total. The number of fused-ring (bicyclic) bond motifs is 1. The molecule has 0 unspecified atom stereocenters. The van der Waals surface area contributed by atoms with Crippen molar-refractivity contribution in [2.45, 2.75) is 25.2 Å². The van der Waals surface area contributed by atoms with Crippen LogP contribution in [0.5, 0.6) is 5.75 Å². The van der Waals surface area contributed by atoms with Gasteiger partial charge in [-0.25, -0.2) is 0 Å². The highest BCUT2D eigenvalue weighted by Crippen LogP contribution is 2.29. The maximum Gasteiger partial charge on any atom is 0.277 e. The minimum atomic E-state index is -0.0597. The molecule has 148 valence electrons. The van der Waals surface area contributed by atoms with E-state index in [1.807, 2.05) is 37.3 Å². The molecule has 0 N–H and O–H groups in total. The Balaban J connectivity index is 1.32. The second-order valence-corrected chi connectivity index (χ2v) is 7.68. The number of carbonyl (C=O) groups excluding carboxylic acids is 2. The van der Waals surface area contributed by atoms with Crippen LogP contribution < -0.4 is 9.64 Å². The highest BCUT2D eigenvalue weighted by atomic mass is 32.2. The molecule has 2 heterocycles. The zero-order valence-corrected chi connectivity index (χ0v) is 16.9. The average molecular weight is 409 g/mol. The summed E-state index contributed by atoms with van der Waals surface area (Å²) in [5.41, 5.74) is 3.41. The molecule has 1 aromatic heterocycles. The fourth-order valence-corrected chi connectivity index (χ4v) is 3.73. The molecule has 1 amide bonds. The Labute approximate surface area is 172 Å². The van der Waals surface area contributed by atoms with Crippen LogP contribution >= 0.6 is 11.8 Å². The van der Waals surface area contributed by atoms with Gasteiger partial charge in [0.2, 0.25) is 5.91 Å². The number of hydrogen-bond donors (Lipinski definition) is 0. The van der Waals surface area contributed by atoms with Gasteiger partial charge in [0.15, 0.2) is 12.4 Å². The first-order chi connectivity index (χ1) is 14.0. The van der Waals surface area contributed by atoms with Crippen molar-refractivity contribution in [3.05, 3.63) is 65.0 Å². The molecule has 3 aromatic rings. The molecule has 4 rings (SSSR count). The third-order valence-corrected chi connectivity index (χ3v) is 5.42. The van der Waals surface area contributed by atoms with Crippen LogP contribution in [0.3, 0.4) is 0 Å². The number of likely N-dealkylation sites (N-methyl/N-ethyl adjacent to an activating group) is 1. The van der Waals surface area contributed by atoms with Crippen molar-refractivity contribution in [3.8, 4) is 5.75 Å². The Hall–Kier alpha value is -3.13. The first-order valence-corrected chi connectivity index (χ1v) is 10.1. The van der Waals surface area contributed by atoms with Crippen molar-refractivity contribution < 1.29 is 18.7 Å². The molecule has 0 saturated heterocycles. The van der Waals surface area contributed by atoms with Gasteiger partial charge in [0.25, 0.3) is 11.1 Å². The molecule has 0 fully saturated rings. The number of aryl methyl sites for hydroxylation is 1. The van der Waals surface area contributed by atoms with Crippen LogP contribution in [0, 0.1) is 6.92 Å². The Morgan fingerprint density at radius 3 is 2.93 bits per heavy atom. The monoisotopic (exact) mass is 409 g/mol. The number of carbonyl (C=O) groups is 2. The second-order valence-electron chi connectivity index (χ2n) is 6.75. The standard InChI is InChI=1S/C21H19N3O4S/c1-13-4-3-5-16(8-13)27-11-19-22-23-21(28-19)29-12-18(25)14-6-7-17-15(9-14)10-20(26)24(17)2/h3-9H,10-12H2,1-2H3. The quantitative estimate of drug-likeness (QED) is 0.436. The van der Waals surface area contributed by atoms with Crippen molar-refractivity contribution in [2.75, 3.05) is 17.7 Å². The maximum atomic E-state index is 12.5. The lowest BCUT2D eigenvalue weighted by Crippen LogP contribution is -2.20. The summed E-state index contributed by atoms with van der Waals surface area (Å²) in [5, 5.41) is 8.22. The number of hydrogen-bond acceptors (Lipinski definition) is 7. The number of rotatable bonds is 7. The van der Waals surface area contributed by atoms with E-state index in [0.29, 0.717) is 23.1 Å². The normalized spacial score (nSPS) is 12.9. The van der Waals surface area contributed by atoms with Crippen molar-refractivity contribution in [2.24, 2.45) is 0 Å². The van der Waals surface area contributed by atoms with Gasteiger partial charge in [0, 0.05) is 18.3 Å². The van der Waals surface area contributed by atoms with E-state index in [2.05, 4.69) is 10.2 Å². The van der Waals surface area contributed by atoms with Gasteiger partial charge in [-0.05, 0) is 48.4 Å². The van der Waals surface area contributed by atoms with Crippen molar-refractivity contribution in [1.29, 1.82) is 0 Å². The fourth-order valence-electron chi connectivity index (χ4n) is 3.06. The largest absolute Gasteiger partial charge is 0.484 e. The van der Waals surface area contributed by atoms with E-state index in [1.165, 1.54) is 11.8 Å². The van der Waals surface area contributed by atoms with E-state index in [0.717, 1.165) is 22.6 Å². The molecule has 1 aliphatic heterocycles. The molecule has 0 bridgehead atoms. The molecule has 8 heteroatoms. The van der Waals surface area contributed by atoms with Gasteiger partial charge in [-0.3, -0.25) is 9.59 Å². The average Bonchev–Trinajstić information content (AvgIpc) is 3.28. The highest BCUT2D eigenvalue weighted by molar-refractivity contribution is 7.99. The van der Waals surface area contributed by atoms with E-state index in [9.17, 15) is 9.59 Å². The van der Waals surface area contributed by atoms with Gasteiger partial charge in [-0.15, -0.1) is 10.2 Å². The van der Waals surface area contributed by atoms with Gasteiger partial charge < -0.3 is 14.1 Å².